The van der Waals surface area contributed by atoms with Gasteiger partial charge in [0, 0.05) is 12.3 Å². The minimum atomic E-state index is -4.26. The number of rotatable bonds is 1. The fraction of sp³-hybridized carbons (Fsp3) is 0.400. The van der Waals surface area contributed by atoms with Crippen LogP contribution in [0.4, 0.5) is 13.2 Å². The van der Waals surface area contributed by atoms with Crippen LogP contribution in [0.1, 0.15) is 16.5 Å². The lowest BCUT2D eigenvalue weighted by molar-refractivity contribution is -0.138. The first-order chi connectivity index (χ1) is 7.09. The van der Waals surface area contributed by atoms with E-state index in [0.717, 1.165) is 18.4 Å². The van der Waals surface area contributed by atoms with Gasteiger partial charge in [0.05, 0.1) is 10.9 Å². The summed E-state index contributed by atoms with van der Waals surface area (Å²) >= 11 is 1.51. The summed E-state index contributed by atoms with van der Waals surface area (Å²) in [6, 6.07) is 5.74. The van der Waals surface area contributed by atoms with Crippen LogP contribution in [0.25, 0.3) is 0 Å². The monoisotopic (exact) mass is 233 g/mol. The van der Waals surface area contributed by atoms with Gasteiger partial charge < -0.3 is 5.32 Å². The largest absolute Gasteiger partial charge is 0.416 e. The molecule has 1 fully saturated rings. The molecule has 1 aliphatic rings. The van der Waals surface area contributed by atoms with E-state index >= 15 is 0 Å². The van der Waals surface area contributed by atoms with Crippen molar-refractivity contribution in [3.63, 3.8) is 0 Å². The predicted octanol–water partition coefficient (Wildman–Crippen LogP) is 3.04. The van der Waals surface area contributed by atoms with Crippen molar-refractivity contribution in [1.82, 2.24) is 5.32 Å². The van der Waals surface area contributed by atoms with E-state index < -0.39 is 11.7 Å². The van der Waals surface area contributed by atoms with E-state index in [0.29, 0.717) is 5.56 Å². The van der Waals surface area contributed by atoms with E-state index in [2.05, 4.69) is 5.32 Å². The van der Waals surface area contributed by atoms with Gasteiger partial charge >= 0.3 is 6.18 Å². The summed E-state index contributed by atoms with van der Waals surface area (Å²) in [7, 11) is 0. The second-order valence-corrected chi connectivity index (χ2v) is 4.50. The van der Waals surface area contributed by atoms with Gasteiger partial charge in [-0.05, 0) is 11.6 Å². The predicted molar refractivity (Wildman–Crippen MR) is 54.6 cm³/mol. The Hall–Kier alpha value is -0.680. The topological polar surface area (TPSA) is 12.0 Å². The normalized spacial score (nSPS) is 21.9. The van der Waals surface area contributed by atoms with Crippen LogP contribution in [0.3, 0.4) is 0 Å². The lowest BCUT2D eigenvalue weighted by Crippen LogP contribution is -2.17. The molecule has 2 rings (SSSR count). The Labute approximate surface area is 90.1 Å². The Morgan fingerprint density at radius 3 is 2.60 bits per heavy atom. The molecule has 1 nitrogen and oxygen atoms in total. The van der Waals surface area contributed by atoms with Gasteiger partial charge in [0.15, 0.2) is 0 Å². The SMILES string of the molecule is FC(F)(F)c1ccccc1[C@@H]1NCCS1. The Morgan fingerprint density at radius 1 is 1.27 bits per heavy atom. The molecule has 0 bridgehead atoms. The molecule has 0 aliphatic carbocycles. The van der Waals surface area contributed by atoms with E-state index in [-0.39, 0.29) is 5.37 Å². The lowest BCUT2D eigenvalue weighted by atomic mass is 10.1. The molecule has 1 aromatic carbocycles. The Balaban J connectivity index is 2.37. The first kappa shape index (κ1) is 10.8. The molecule has 0 radical (unpaired) electrons. The molecule has 1 aliphatic heterocycles. The van der Waals surface area contributed by atoms with E-state index in [4.69, 9.17) is 0 Å². The fourth-order valence-electron chi connectivity index (χ4n) is 1.61. The molecule has 0 saturated carbocycles. The number of alkyl halides is 3. The summed E-state index contributed by atoms with van der Waals surface area (Å²) in [5.74, 6) is 0.858. The van der Waals surface area contributed by atoms with E-state index in [1.807, 2.05) is 0 Å². The Bertz CT molecular complexity index is 345. The number of halogens is 3. The molecule has 15 heavy (non-hydrogen) atoms. The van der Waals surface area contributed by atoms with E-state index in [1.165, 1.54) is 17.8 Å². The Morgan fingerprint density at radius 2 is 2.00 bits per heavy atom. The van der Waals surface area contributed by atoms with Crippen molar-refractivity contribution in [3.8, 4) is 0 Å². The molecular formula is C10H10F3NS. The molecular weight excluding hydrogens is 223 g/mol. The minimum Gasteiger partial charge on any atom is -0.301 e. The van der Waals surface area contributed by atoms with Gasteiger partial charge in [-0.2, -0.15) is 13.2 Å². The van der Waals surface area contributed by atoms with Crippen molar-refractivity contribution < 1.29 is 13.2 Å². The average molecular weight is 233 g/mol. The van der Waals surface area contributed by atoms with E-state index in [1.54, 1.807) is 12.1 Å². The number of benzene rings is 1. The summed E-state index contributed by atoms with van der Waals surface area (Å²) in [5.41, 5.74) is -0.190. The third-order valence-electron chi connectivity index (χ3n) is 2.26. The van der Waals surface area contributed by atoms with Crippen LogP contribution in [0.15, 0.2) is 24.3 Å². The smallest absolute Gasteiger partial charge is 0.301 e. The molecule has 1 atom stereocenters. The number of nitrogens with one attached hydrogen (secondary N) is 1. The van der Waals surface area contributed by atoms with E-state index in [9.17, 15) is 13.2 Å². The maximum absolute atomic E-state index is 12.7. The van der Waals surface area contributed by atoms with Crippen molar-refractivity contribution in [3.05, 3.63) is 35.4 Å². The summed E-state index contributed by atoms with van der Waals surface area (Å²) in [6.45, 7) is 0.765. The number of thioether (sulfide) groups is 1. The molecule has 1 N–H and O–H groups in total. The number of hydrogen-bond acceptors (Lipinski definition) is 2. The zero-order valence-corrected chi connectivity index (χ0v) is 8.66. The third-order valence-corrected chi connectivity index (χ3v) is 3.46. The minimum absolute atomic E-state index is 0.220. The van der Waals surface area contributed by atoms with Crippen LogP contribution in [0.5, 0.6) is 0 Å². The quantitative estimate of drug-likeness (QED) is 0.800. The van der Waals surface area contributed by atoms with Gasteiger partial charge in [-0.25, -0.2) is 0 Å². The number of hydrogen-bond donors (Lipinski definition) is 1. The van der Waals surface area contributed by atoms with Gasteiger partial charge in [-0.15, -0.1) is 11.8 Å². The summed E-state index contributed by atoms with van der Waals surface area (Å²) in [5, 5.41) is 2.83. The zero-order chi connectivity index (χ0) is 10.9. The molecule has 1 saturated heterocycles. The van der Waals surface area contributed by atoms with Crippen LogP contribution in [0, 0.1) is 0 Å². The molecule has 82 valence electrons. The van der Waals surface area contributed by atoms with Crippen molar-refractivity contribution >= 4 is 11.8 Å². The summed E-state index contributed by atoms with van der Waals surface area (Å²) < 4.78 is 38.0. The highest BCUT2D eigenvalue weighted by Crippen LogP contribution is 2.39. The molecule has 5 heteroatoms. The van der Waals surface area contributed by atoms with Gasteiger partial charge in [-0.3, -0.25) is 0 Å². The van der Waals surface area contributed by atoms with Crippen LogP contribution in [0.2, 0.25) is 0 Å². The third kappa shape index (κ3) is 2.29. The average Bonchev–Trinajstić information content (AvgIpc) is 2.69. The van der Waals surface area contributed by atoms with Gasteiger partial charge in [0.2, 0.25) is 0 Å². The highest BCUT2D eigenvalue weighted by molar-refractivity contribution is 7.99. The zero-order valence-electron chi connectivity index (χ0n) is 7.84. The van der Waals surface area contributed by atoms with Gasteiger partial charge in [0.1, 0.15) is 0 Å². The van der Waals surface area contributed by atoms with Crippen molar-refractivity contribution in [1.29, 1.82) is 0 Å². The van der Waals surface area contributed by atoms with Crippen LogP contribution in [-0.2, 0) is 6.18 Å². The fourth-order valence-corrected chi connectivity index (χ4v) is 2.70. The van der Waals surface area contributed by atoms with Crippen LogP contribution < -0.4 is 5.32 Å². The van der Waals surface area contributed by atoms with Crippen molar-refractivity contribution in [2.24, 2.45) is 0 Å². The maximum atomic E-state index is 12.7. The molecule has 1 aromatic rings. The van der Waals surface area contributed by atoms with Crippen LogP contribution >= 0.6 is 11.8 Å². The highest BCUT2D eigenvalue weighted by Gasteiger charge is 2.35. The molecule has 0 unspecified atom stereocenters. The lowest BCUT2D eigenvalue weighted by Gasteiger charge is -2.16. The second-order valence-electron chi connectivity index (χ2n) is 3.29. The molecule has 1 heterocycles. The molecule has 0 amide bonds. The first-order valence-corrected chi connectivity index (χ1v) is 5.65. The van der Waals surface area contributed by atoms with Crippen molar-refractivity contribution in [2.75, 3.05) is 12.3 Å². The van der Waals surface area contributed by atoms with Crippen LogP contribution in [-0.4, -0.2) is 12.3 Å². The highest BCUT2D eigenvalue weighted by atomic mass is 32.2. The van der Waals surface area contributed by atoms with Gasteiger partial charge in [-0.1, -0.05) is 18.2 Å². The molecule has 0 spiro atoms. The second kappa shape index (κ2) is 4.06. The Kier molecular flexibility index (Phi) is 2.93. The van der Waals surface area contributed by atoms with Crippen molar-refractivity contribution in [2.45, 2.75) is 11.6 Å². The maximum Gasteiger partial charge on any atom is 0.416 e. The standard InChI is InChI=1S/C10H10F3NS/c11-10(12,13)8-4-2-1-3-7(8)9-14-5-6-15-9/h1-4,9,14H,5-6H2/t9-/m1/s1. The first-order valence-electron chi connectivity index (χ1n) is 4.60. The summed E-state index contributed by atoms with van der Waals surface area (Å²) in [4.78, 5) is 0. The van der Waals surface area contributed by atoms with Gasteiger partial charge in [0.25, 0.3) is 0 Å². The summed E-state index contributed by atoms with van der Waals surface area (Å²) in [6.07, 6.45) is -4.26. The molecule has 0 aromatic heterocycles.